The van der Waals surface area contributed by atoms with Gasteiger partial charge in [-0.1, -0.05) is 42.0 Å². The van der Waals surface area contributed by atoms with Crippen LogP contribution in [0, 0.1) is 12.7 Å². The number of hydrogen-bond acceptors (Lipinski definition) is 4. The van der Waals surface area contributed by atoms with Crippen LogP contribution < -0.4 is 5.32 Å². The van der Waals surface area contributed by atoms with Crippen LogP contribution in [-0.2, 0) is 13.0 Å². The average molecular weight is 361 g/mol. The van der Waals surface area contributed by atoms with E-state index in [2.05, 4.69) is 58.1 Å². The van der Waals surface area contributed by atoms with Crippen LogP contribution in [-0.4, -0.2) is 26.6 Å². The van der Waals surface area contributed by atoms with Crippen molar-refractivity contribution in [3.63, 3.8) is 0 Å². The van der Waals surface area contributed by atoms with Crippen LogP contribution in [0.25, 0.3) is 16.8 Å². The van der Waals surface area contributed by atoms with E-state index in [4.69, 9.17) is 0 Å². The summed E-state index contributed by atoms with van der Waals surface area (Å²) in [6.07, 6.45) is 2.78. The van der Waals surface area contributed by atoms with Crippen LogP contribution in [0.2, 0.25) is 0 Å². The highest BCUT2D eigenvalue weighted by Crippen LogP contribution is 2.23. The second kappa shape index (κ2) is 7.63. The number of aromatic nitrogens is 4. The Hall–Kier alpha value is -3.12. The molecule has 0 amide bonds. The summed E-state index contributed by atoms with van der Waals surface area (Å²) in [5.74, 6) is -0.207. The zero-order chi connectivity index (χ0) is 18.6. The molecule has 2 aromatic carbocycles. The lowest BCUT2D eigenvalue weighted by molar-refractivity contribution is 0.626. The molecule has 27 heavy (non-hydrogen) atoms. The number of benzene rings is 2. The highest BCUT2D eigenvalue weighted by Gasteiger charge is 2.09. The molecule has 0 saturated carbocycles. The maximum atomic E-state index is 13.0. The molecule has 136 valence electrons. The molecule has 0 aliphatic rings. The predicted molar refractivity (Wildman–Crippen MR) is 103 cm³/mol. The first-order valence-electron chi connectivity index (χ1n) is 8.92. The zero-order valence-corrected chi connectivity index (χ0v) is 15.1. The fourth-order valence-corrected chi connectivity index (χ4v) is 3.13. The Bertz CT molecular complexity index is 1060. The van der Waals surface area contributed by atoms with E-state index in [0.29, 0.717) is 6.54 Å². The molecule has 1 N–H and O–H groups in total. The lowest BCUT2D eigenvalue weighted by atomic mass is 10.0. The molecule has 4 rings (SSSR count). The number of pyridine rings is 1. The minimum Gasteiger partial charge on any atom is -0.312 e. The van der Waals surface area contributed by atoms with E-state index in [1.807, 2.05) is 18.3 Å². The molecular weight excluding hydrogens is 341 g/mol. The van der Waals surface area contributed by atoms with Gasteiger partial charge in [-0.2, -0.15) is 4.52 Å². The molecule has 2 aromatic heterocycles. The first kappa shape index (κ1) is 17.3. The molecule has 0 atom stereocenters. The van der Waals surface area contributed by atoms with Gasteiger partial charge in [0.15, 0.2) is 5.65 Å². The van der Waals surface area contributed by atoms with E-state index in [1.54, 1.807) is 4.52 Å². The second-order valence-corrected chi connectivity index (χ2v) is 6.62. The molecule has 0 unspecified atom stereocenters. The van der Waals surface area contributed by atoms with E-state index < -0.39 is 0 Å². The van der Waals surface area contributed by atoms with Crippen molar-refractivity contribution < 1.29 is 4.39 Å². The number of fused-ring (bicyclic) bond motifs is 1. The Morgan fingerprint density at radius 1 is 1.04 bits per heavy atom. The van der Waals surface area contributed by atoms with Gasteiger partial charge in [-0.15, -0.1) is 5.10 Å². The number of aryl methyl sites for hydroxylation is 1. The minimum absolute atomic E-state index is 0.207. The Kier molecular flexibility index (Phi) is 4.89. The number of nitrogens with one attached hydrogen (secondary N) is 1. The maximum absolute atomic E-state index is 13.0. The summed E-state index contributed by atoms with van der Waals surface area (Å²) in [5, 5.41) is 15.4. The number of halogens is 1. The Balaban J connectivity index is 1.50. The molecule has 0 aliphatic carbocycles. The fraction of sp³-hybridized carbons (Fsp3) is 0.190. The third-order valence-corrected chi connectivity index (χ3v) is 4.54. The molecular formula is C21H20FN5. The largest absolute Gasteiger partial charge is 0.312 e. The summed E-state index contributed by atoms with van der Waals surface area (Å²) >= 11 is 0. The topological polar surface area (TPSA) is 55.1 Å². The van der Waals surface area contributed by atoms with E-state index in [-0.39, 0.29) is 5.82 Å². The third-order valence-electron chi connectivity index (χ3n) is 4.54. The van der Waals surface area contributed by atoms with Gasteiger partial charge in [-0.3, -0.25) is 0 Å². The van der Waals surface area contributed by atoms with Gasteiger partial charge < -0.3 is 5.32 Å². The summed E-state index contributed by atoms with van der Waals surface area (Å²) in [7, 11) is 0. The van der Waals surface area contributed by atoms with Gasteiger partial charge in [0.2, 0.25) is 0 Å². The molecule has 4 aromatic rings. The lowest BCUT2D eigenvalue weighted by Crippen LogP contribution is -2.17. The van der Waals surface area contributed by atoms with Crippen LogP contribution in [0.15, 0.2) is 60.8 Å². The fourth-order valence-electron chi connectivity index (χ4n) is 3.13. The van der Waals surface area contributed by atoms with Crippen molar-refractivity contribution >= 4 is 5.65 Å². The average Bonchev–Trinajstić information content (AvgIpc) is 3.15. The summed E-state index contributed by atoms with van der Waals surface area (Å²) in [4.78, 5) is 0. The second-order valence-electron chi connectivity index (χ2n) is 6.62. The van der Waals surface area contributed by atoms with E-state index in [1.165, 1.54) is 17.7 Å². The van der Waals surface area contributed by atoms with Gasteiger partial charge >= 0.3 is 0 Å². The SMILES string of the molecule is Cc1cccc(-c2cc(CNCCc3ccc(F)cc3)c3nnnn3c2)c1. The predicted octanol–water partition coefficient (Wildman–Crippen LogP) is 3.57. The standard InChI is InChI=1S/C21H20FN5/c1-15-3-2-4-17(11-15)19-12-18(21-24-25-26-27(21)14-19)13-23-10-9-16-5-7-20(22)8-6-16/h2-8,11-12,14,23H,9-10,13H2,1H3. The molecule has 0 spiro atoms. The first-order chi connectivity index (χ1) is 13.2. The highest BCUT2D eigenvalue weighted by atomic mass is 19.1. The molecule has 0 saturated heterocycles. The van der Waals surface area contributed by atoms with Crippen LogP contribution in [0.1, 0.15) is 16.7 Å². The lowest BCUT2D eigenvalue weighted by Gasteiger charge is -2.09. The first-order valence-corrected chi connectivity index (χ1v) is 8.92. The maximum Gasteiger partial charge on any atom is 0.183 e. The smallest absolute Gasteiger partial charge is 0.183 e. The van der Waals surface area contributed by atoms with E-state index >= 15 is 0 Å². The Morgan fingerprint density at radius 2 is 1.89 bits per heavy atom. The van der Waals surface area contributed by atoms with Gasteiger partial charge in [0.05, 0.1) is 0 Å². The molecule has 0 bridgehead atoms. The number of tetrazole rings is 1. The summed E-state index contributed by atoms with van der Waals surface area (Å²) in [6, 6.07) is 17.1. The van der Waals surface area contributed by atoms with Gasteiger partial charge in [0.25, 0.3) is 0 Å². The van der Waals surface area contributed by atoms with Crippen molar-refractivity contribution in [3.8, 4) is 11.1 Å². The quantitative estimate of drug-likeness (QED) is 0.534. The van der Waals surface area contributed by atoms with E-state index in [0.717, 1.165) is 40.9 Å². The summed E-state index contributed by atoms with van der Waals surface area (Å²) in [5.41, 5.74) is 6.32. The summed E-state index contributed by atoms with van der Waals surface area (Å²) < 4.78 is 14.7. The van der Waals surface area contributed by atoms with E-state index in [9.17, 15) is 4.39 Å². The van der Waals surface area contributed by atoms with Crippen LogP contribution in [0.4, 0.5) is 4.39 Å². The van der Waals surface area contributed by atoms with Crippen molar-refractivity contribution in [2.45, 2.75) is 19.9 Å². The van der Waals surface area contributed by atoms with Crippen LogP contribution >= 0.6 is 0 Å². The van der Waals surface area contributed by atoms with Crippen molar-refractivity contribution in [1.29, 1.82) is 0 Å². The van der Waals surface area contributed by atoms with Crippen LogP contribution in [0.5, 0.6) is 0 Å². The van der Waals surface area contributed by atoms with Crippen LogP contribution in [0.3, 0.4) is 0 Å². The van der Waals surface area contributed by atoms with Gasteiger partial charge in [0, 0.05) is 23.9 Å². The van der Waals surface area contributed by atoms with Gasteiger partial charge in [-0.05, 0) is 59.6 Å². The van der Waals surface area contributed by atoms with Gasteiger partial charge in [0.1, 0.15) is 5.82 Å². The normalized spacial score (nSPS) is 11.2. The number of rotatable bonds is 6. The van der Waals surface area contributed by atoms with Crippen molar-refractivity contribution in [2.24, 2.45) is 0 Å². The van der Waals surface area contributed by atoms with Crippen molar-refractivity contribution in [2.75, 3.05) is 6.54 Å². The van der Waals surface area contributed by atoms with Crippen molar-refractivity contribution in [1.82, 2.24) is 25.4 Å². The highest BCUT2D eigenvalue weighted by molar-refractivity contribution is 5.67. The number of nitrogens with zero attached hydrogens (tertiary/aromatic N) is 4. The van der Waals surface area contributed by atoms with Crippen molar-refractivity contribution in [3.05, 3.63) is 83.3 Å². The minimum atomic E-state index is -0.207. The Labute approximate surface area is 156 Å². The van der Waals surface area contributed by atoms with Gasteiger partial charge in [-0.25, -0.2) is 4.39 Å². The number of hydrogen-bond donors (Lipinski definition) is 1. The zero-order valence-electron chi connectivity index (χ0n) is 15.1. The molecule has 0 fully saturated rings. The molecule has 5 nitrogen and oxygen atoms in total. The molecule has 0 radical (unpaired) electrons. The molecule has 6 heteroatoms. The monoisotopic (exact) mass is 361 g/mol. The molecule has 0 aliphatic heterocycles. The summed E-state index contributed by atoms with van der Waals surface area (Å²) in [6.45, 7) is 3.52. The third kappa shape index (κ3) is 4.01. The molecule has 2 heterocycles. The Morgan fingerprint density at radius 3 is 2.70 bits per heavy atom.